The Kier molecular flexibility index (Phi) is 6.44. The van der Waals surface area contributed by atoms with E-state index in [0.717, 1.165) is 30.2 Å². The first-order valence-electron chi connectivity index (χ1n) is 9.87. The summed E-state index contributed by atoms with van der Waals surface area (Å²) in [7, 11) is 0. The number of morpholine rings is 1. The highest BCUT2D eigenvalue weighted by Crippen LogP contribution is 2.16. The van der Waals surface area contributed by atoms with E-state index in [0.29, 0.717) is 49.7 Å². The second kappa shape index (κ2) is 9.39. The Morgan fingerprint density at radius 2 is 1.83 bits per heavy atom. The zero-order valence-corrected chi connectivity index (χ0v) is 17.0. The SMILES string of the molecule is O=c1c2ccccc2nc(CN2CCOCC2)n1CCCOc1ccc(Cl)cc1. The summed E-state index contributed by atoms with van der Waals surface area (Å²) >= 11 is 5.90. The number of aromatic nitrogens is 2. The van der Waals surface area contributed by atoms with Crippen molar-refractivity contribution in [2.75, 3.05) is 32.9 Å². The standard InChI is InChI=1S/C22H24ClN3O3/c23-17-6-8-18(9-7-17)29-13-3-10-26-21(16-25-11-14-28-15-12-25)24-20-5-2-1-4-19(20)22(26)27/h1-2,4-9H,3,10-16H2. The van der Waals surface area contributed by atoms with E-state index < -0.39 is 0 Å². The summed E-state index contributed by atoms with van der Waals surface area (Å²) in [5.74, 6) is 1.56. The number of hydrogen-bond donors (Lipinski definition) is 0. The summed E-state index contributed by atoms with van der Waals surface area (Å²) in [6.45, 7) is 4.84. The number of para-hydroxylation sites is 1. The number of halogens is 1. The molecule has 0 aliphatic carbocycles. The Morgan fingerprint density at radius 1 is 1.07 bits per heavy atom. The molecule has 4 rings (SSSR count). The molecule has 0 N–H and O–H groups in total. The van der Waals surface area contributed by atoms with E-state index in [-0.39, 0.29) is 5.56 Å². The lowest BCUT2D eigenvalue weighted by Crippen LogP contribution is -2.38. The zero-order valence-electron chi connectivity index (χ0n) is 16.2. The van der Waals surface area contributed by atoms with E-state index in [1.165, 1.54) is 0 Å². The van der Waals surface area contributed by atoms with Gasteiger partial charge in [-0.15, -0.1) is 0 Å². The largest absolute Gasteiger partial charge is 0.494 e. The Labute approximate surface area is 174 Å². The lowest BCUT2D eigenvalue weighted by Gasteiger charge is -2.27. The molecular formula is C22H24ClN3O3. The van der Waals surface area contributed by atoms with Gasteiger partial charge in [-0.2, -0.15) is 0 Å². The summed E-state index contributed by atoms with van der Waals surface area (Å²) in [5, 5.41) is 1.33. The van der Waals surface area contributed by atoms with Gasteiger partial charge in [-0.25, -0.2) is 4.98 Å². The van der Waals surface area contributed by atoms with E-state index in [1.54, 1.807) is 16.7 Å². The van der Waals surface area contributed by atoms with Crippen molar-refractivity contribution < 1.29 is 9.47 Å². The van der Waals surface area contributed by atoms with Crippen LogP contribution in [0.1, 0.15) is 12.2 Å². The molecule has 1 aliphatic rings. The quantitative estimate of drug-likeness (QED) is 0.556. The zero-order chi connectivity index (χ0) is 20.1. The molecular weight excluding hydrogens is 390 g/mol. The summed E-state index contributed by atoms with van der Waals surface area (Å²) in [6.07, 6.45) is 0.707. The Bertz CT molecular complexity index is 1010. The monoisotopic (exact) mass is 413 g/mol. The van der Waals surface area contributed by atoms with Gasteiger partial charge in [0.25, 0.3) is 5.56 Å². The molecule has 0 atom stereocenters. The predicted octanol–water partition coefficient (Wildman–Crippen LogP) is 3.35. The molecule has 0 spiro atoms. The number of rotatable bonds is 7. The first-order valence-corrected chi connectivity index (χ1v) is 10.3. The van der Waals surface area contributed by atoms with Crippen LogP contribution in [0, 0.1) is 0 Å². The molecule has 7 heteroatoms. The molecule has 6 nitrogen and oxygen atoms in total. The van der Waals surface area contributed by atoms with Crippen molar-refractivity contribution in [2.45, 2.75) is 19.5 Å². The van der Waals surface area contributed by atoms with Crippen molar-refractivity contribution in [2.24, 2.45) is 0 Å². The summed E-state index contributed by atoms with van der Waals surface area (Å²) in [6, 6.07) is 14.8. The maximum atomic E-state index is 13.1. The van der Waals surface area contributed by atoms with Crippen LogP contribution in [0.2, 0.25) is 5.02 Å². The summed E-state index contributed by atoms with van der Waals surface area (Å²) in [4.78, 5) is 20.2. The second-order valence-electron chi connectivity index (χ2n) is 7.05. The Balaban J connectivity index is 1.50. The Morgan fingerprint density at radius 3 is 2.62 bits per heavy atom. The third-order valence-electron chi connectivity index (χ3n) is 5.02. The van der Waals surface area contributed by atoms with Crippen LogP contribution in [0.5, 0.6) is 5.75 Å². The van der Waals surface area contributed by atoms with Gasteiger partial charge in [-0.3, -0.25) is 14.3 Å². The van der Waals surface area contributed by atoms with Gasteiger partial charge in [-0.05, 0) is 42.8 Å². The van der Waals surface area contributed by atoms with Crippen LogP contribution < -0.4 is 10.3 Å². The van der Waals surface area contributed by atoms with Gasteiger partial charge in [0.1, 0.15) is 11.6 Å². The van der Waals surface area contributed by atoms with E-state index in [4.69, 9.17) is 26.1 Å². The average molecular weight is 414 g/mol. The normalized spacial score (nSPS) is 14.9. The number of ether oxygens (including phenoxy) is 2. The van der Waals surface area contributed by atoms with Crippen molar-refractivity contribution in [1.82, 2.24) is 14.5 Å². The van der Waals surface area contributed by atoms with Crippen LogP contribution in [-0.2, 0) is 17.8 Å². The maximum Gasteiger partial charge on any atom is 0.261 e. The fourth-order valence-corrected chi connectivity index (χ4v) is 3.59. The maximum absolute atomic E-state index is 13.1. The molecule has 1 fully saturated rings. The molecule has 0 saturated carbocycles. The van der Waals surface area contributed by atoms with Crippen molar-refractivity contribution in [1.29, 1.82) is 0 Å². The number of nitrogens with zero attached hydrogens (tertiary/aromatic N) is 3. The van der Waals surface area contributed by atoms with E-state index in [2.05, 4.69) is 4.90 Å². The molecule has 2 aromatic carbocycles. The van der Waals surface area contributed by atoms with Crippen LogP contribution >= 0.6 is 11.6 Å². The summed E-state index contributed by atoms with van der Waals surface area (Å²) in [5.41, 5.74) is 0.750. The molecule has 3 aromatic rings. The highest BCUT2D eigenvalue weighted by molar-refractivity contribution is 6.30. The topological polar surface area (TPSA) is 56.6 Å². The first kappa shape index (κ1) is 19.9. The van der Waals surface area contributed by atoms with Crippen molar-refractivity contribution in [3.63, 3.8) is 0 Å². The highest BCUT2D eigenvalue weighted by Gasteiger charge is 2.16. The molecule has 0 bridgehead atoms. The Hall–Kier alpha value is -2.41. The smallest absolute Gasteiger partial charge is 0.261 e. The minimum absolute atomic E-state index is 0.00496. The van der Waals surface area contributed by atoms with Gasteiger partial charge in [0.2, 0.25) is 0 Å². The van der Waals surface area contributed by atoms with Crippen LogP contribution in [0.4, 0.5) is 0 Å². The third-order valence-corrected chi connectivity index (χ3v) is 5.27. The second-order valence-corrected chi connectivity index (χ2v) is 7.48. The molecule has 1 aliphatic heterocycles. The molecule has 0 radical (unpaired) electrons. The van der Waals surface area contributed by atoms with Crippen molar-refractivity contribution in [3.05, 3.63) is 69.7 Å². The summed E-state index contributed by atoms with van der Waals surface area (Å²) < 4.78 is 13.0. The lowest BCUT2D eigenvalue weighted by molar-refractivity contribution is 0.0324. The number of hydrogen-bond acceptors (Lipinski definition) is 5. The van der Waals surface area contributed by atoms with E-state index in [1.807, 2.05) is 36.4 Å². The lowest BCUT2D eigenvalue weighted by atomic mass is 10.2. The van der Waals surface area contributed by atoms with E-state index >= 15 is 0 Å². The van der Waals surface area contributed by atoms with Crippen LogP contribution in [0.3, 0.4) is 0 Å². The van der Waals surface area contributed by atoms with Gasteiger partial charge in [0, 0.05) is 24.7 Å². The van der Waals surface area contributed by atoms with Crippen LogP contribution in [0.25, 0.3) is 10.9 Å². The number of benzene rings is 2. The van der Waals surface area contributed by atoms with Gasteiger partial charge in [0.05, 0.1) is 37.3 Å². The van der Waals surface area contributed by atoms with Crippen molar-refractivity contribution in [3.8, 4) is 5.75 Å². The molecule has 0 amide bonds. The third kappa shape index (κ3) is 4.96. The predicted molar refractivity (Wildman–Crippen MR) is 114 cm³/mol. The molecule has 29 heavy (non-hydrogen) atoms. The minimum atomic E-state index is 0.00496. The van der Waals surface area contributed by atoms with Crippen molar-refractivity contribution >= 4 is 22.5 Å². The van der Waals surface area contributed by atoms with Crippen LogP contribution in [-0.4, -0.2) is 47.4 Å². The number of fused-ring (bicyclic) bond motifs is 1. The molecule has 152 valence electrons. The first-order chi connectivity index (χ1) is 14.2. The van der Waals surface area contributed by atoms with Gasteiger partial charge >= 0.3 is 0 Å². The molecule has 0 unspecified atom stereocenters. The highest BCUT2D eigenvalue weighted by atomic mass is 35.5. The fourth-order valence-electron chi connectivity index (χ4n) is 3.47. The van der Waals surface area contributed by atoms with Gasteiger partial charge in [-0.1, -0.05) is 23.7 Å². The van der Waals surface area contributed by atoms with Crippen LogP contribution in [0.15, 0.2) is 53.3 Å². The molecule has 2 heterocycles. The molecule has 1 aromatic heterocycles. The fraction of sp³-hybridized carbons (Fsp3) is 0.364. The average Bonchev–Trinajstić information content (AvgIpc) is 2.75. The molecule has 1 saturated heterocycles. The van der Waals surface area contributed by atoms with E-state index in [9.17, 15) is 4.79 Å². The van der Waals surface area contributed by atoms with Gasteiger partial charge in [0.15, 0.2) is 0 Å². The minimum Gasteiger partial charge on any atom is -0.494 e. The van der Waals surface area contributed by atoms with Gasteiger partial charge < -0.3 is 9.47 Å².